The molecule has 0 spiro atoms. The largest absolute Gasteiger partial charge is 0.457 e. The first-order valence-corrected chi connectivity index (χ1v) is 9.26. The highest BCUT2D eigenvalue weighted by Crippen LogP contribution is 2.47. The number of ether oxygens (including phenoxy) is 1. The third kappa shape index (κ3) is 3.84. The Kier molecular flexibility index (Phi) is 5.91. The molecular formula is C21H24ClN3O3. The Morgan fingerprint density at radius 2 is 1.68 bits per heavy atom. The van der Waals surface area contributed by atoms with Crippen LogP contribution in [0.4, 0.5) is 5.69 Å². The zero-order valence-electron chi connectivity index (χ0n) is 15.3. The zero-order chi connectivity index (χ0) is 19.0. The smallest absolute Gasteiger partial charge is 0.252 e. The number of nitrogens with two attached hydrogens (primary N) is 2. The molecule has 0 aromatic heterocycles. The fourth-order valence-corrected chi connectivity index (χ4v) is 4.44. The van der Waals surface area contributed by atoms with Gasteiger partial charge < -0.3 is 21.5 Å². The van der Waals surface area contributed by atoms with Crippen LogP contribution < -0.4 is 21.5 Å². The van der Waals surface area contributed by atoms with E-state index in [9.17, 15) is 9.59 Å². The minimum atomic E-state index is -0.545. The molecule has 148 valence electrons. The average molecular weight is 402 g/mol. The van der Waals surface area contributed by atoms with Gasteiger partial charge in [-0.15, -0.1) is 12.4 Å². The Labute approximate surface area is 170 Å². The number of anilines is 1. The van der Waals surface area contributed by atoms with Crippen molar-refractivity contribution in [2.45, 2.75) is 25.3 Å². The van der Waals surface area contributed by atoms with Gasteiger partial charge in [0, 0.05) is 11.7 Å². The van der Waals surface area contributed by atoms with Crippen LogP contribution in [0, 0.1) is 17.8 Å². The summed E-state index contributed by atoms with van der Waals surface area (Å²) in [5.74, 6) is 1.22. The molecule has 2 aliphatic carbocycles. The van der Waals surface area contributed by atoms with Crippen LogP contribution in [0.15, 0.2) is 48.5 Å². The number of hydrogen-bond donors (Lipinski definition) is 3. The van der Waals surface area contributed by atoms with E-state index in [2.05, 4.69) is 5.32 Å². The van der Waals surface area contributed by atoms with E-state index in [0.717, 1.165) is 19.3 Å². The van der Waals surface area contributed by atoms with E-state index < -0.39 is 5.91 Å². The van der Waals surface area contributed by atoms with Gasteiger partial charge in [-0.05, 0) is 67.5 Å². The standard InChI is InChI=1S/C21H23N3O3.ClH/c22-19-13-6-5-12(11-13)18(19)21(26)24-14-7-9-15(10-8-14)27-17-4-2-1-3-16(17)20(23)25;/h1-4,7-10,12-13,18-19H,5-6,11,22H2,(H2,23,25)(H,24,26);1H. The number of carbonyl (C=O) groups excluding carboxylic acids is 2. The van der Waals surface area contributed by atoms with Gasteiger partial charge in [-0.1, -0.05) is 12.1 Å². The van der Waals surface area contributed by atoms with Crippen molar-refractivity contribution in [2.75, 3.05) is 5.32 Å². The Morgan fingerprint density at radius 1 is 1.00 bits per heavy atom. The van der Waals surface area contributed by atoms with Gasteiger partial charge in [-0.2, -0.15) is 0 Å². The van der Waals surface area contributed by atoms with E-state index in [-0.39, 0.29) is 30.3 Å². The second kappa shape index (κ2) is 8.20. The van der Waals surface area contributed by atoms with Gasteiger partial charge in [0.25, 0.3) is 5.91 Å². The normalized spacial score (nSPS) is 25.0. The highest BCUT2D eigenvalue weighted by atomic mass is 35.5. The van der Waals surface area contributed by atoms with Crippen LogP contribution in [0.3, 0.4) is 0 Å². The maximum absolute atomic E-state index is 12.6. The van der Waals surface area contributed by atoms with Gasteiger partial charge in [0.1, 0.15) is 11.5 Å². The van der Waals surface area contributed by atoms with Gasteiger partial charge >= 0.3 is 0 Å². The highest BCUT2D eigenvalue weighted by Gasteiger charge is 2.49. The van der Waals surface area contributed by atoms with Gasteiger partial charge in [-0.3, -0.25) is 9.59 Å². The molecule has 2 bridgehead atoms. The summed E-state index contributed by atoms with van der Waals surface area (Å²) in [4.78, 5) is 24.1. The van der Waals surface area contributed by atoms with Crippen LogP contribution in [0.25, 0.3) is 0 Å². The van der Waals surface area contributed by atoms with E-state index in [0.29, 0.717) is 34.6 Å². The number of fused-ring (bicyclic) bond motifs is 2. The molecule has 0 radical (unpaired) electrons. The van der Waals surface area contributed by atoms with Crippen molar-refractivity contribution >= 4 is 29.9 Å². The van der Waals surface area contributed by atoms with Crippen molar-refractivity contribution in [3.63, 3.8) is 0 Å². The first-order chi connectivity index (χ1) is 13.0. The number of rotatable bonds is 5. The van der Waals surface area contributed by atoms with E-state index in [1.54, 1.807) is 48.5 Å². The molecule has 2 aliphatic rings. The number of nitrogens with one attached hydrogen (secondary N) is 1. The minimum absolute atomic E-state index is 0. The minimum Gasteiger partial charge on any atom is -0.457 e. The van der Waals surface area contributed by atoms with Crippen LogP contribution in [-0.4, -0.2) is 17.9 Å². The second-order valence-electron chi connectivity index (χ2n) is 7.41. The van der Waals surface area contributed by atoms with Gasteiger partial charge in [0.2, 0.25) is 5.91 Å². The van der Waals surface area contributed by atoms with Crippen LogP contribution in [0.5, 0.6) is 11.5 Å². The lowest BCUT2D eigenvalue weighted by Gasteiger charge is -2.27. The molecule has 2 aromatic rings. The van der Waals surface area contributed by atoms with Gasteiger partial charge in [0.15, 0.2) is 0 Å². The fraction of sp³-hybridized carbons (Fsp3) is 0.333. The lowest BCUT2D eigenvalue weighted by Crippen LogP contribution is -2.42. The molecule has 7 heteroatoms. The topological polar surface area (TPSA) is 107 Å². The van der Waals surface area contributed by atoms with E-state index in [4.69, 9.17) is 16.2 Å². The number of para-hydroxylation sites is 1. The quantitative estimate of drug-likeness (QED) is 0.714. The van der Waals surface area contributed by atoms with Crippen molar-refractivity contribution in [1.82, 2.24) is 0 Å². The molecule has 0 heterocycles. The molecule has 2 saturated carbocycles. The number of hydrogen-bond acceptors (Lipinski definition) is 4. The first-order valence-electron chi connectivity index (χ1n) is 9.26. The van der Waals surface area contributed by atoms with Crippen molar-refractivity contribution in [1.29, 1.82) is 0 Å². The number of primary amides is 1. The number of amides is 2. The SMILES string of the molecule is Cl.NC(=O)c1ccccc1Oc1ccc(NC(=O)C2C3CCC(C3)C2N)cc1. The summed E-state index contributed by atoms with van der Waals surface area (Å²) in [6.45, 7) is 0. The summed E-state index contributed by atoms with van der Waals surface area (Å²) in [5, 5.41) is 2.97. The number of halogens is 1. The van der Waals surface area contributed by atoms with Crippen molar-refractivity contribution in [3.8, 4) is 11.5 Å². The van der Waals surface area contributed by atoms with E-state index >= 15 is 0 Å². The Bertz CT molecular complexity index is 869. The molecular weight excluding hydrogens is 378 g/mol. The highest BCUT2D eigenvalue weighted by molar-refractivity contribution is 5.95. The molecule has 2 aromatic carbocycles. The van der Waals surface area contributed by atoms with Crippen LogP contribution in [0.2, 0.25) is 0 Å². The average Bonchev–Trinajstić information content (AvgIpc) is 3.25. The summed E-state index contributed by atoms with van der Waals surface area (Å²) < 4.78 is 5.75. The molecule has 0 aliphatic heterocycles. The summed E-state index contributed by atoms with van der Waals surface area (Å²) in [6, 6.07) is 13.8. The van der Waals surface area contributed by atoms with Crippen LogP contribution >= 0.6 is 12.4 Å². The van der Waals surface area contributed by atoms with Crippen molar-refractivity contribution < 1.29 is 14.3 Å². The number of benzene rings is 2. The lowest BCUT2D eigenvalue weighted by atomic mass is 9.84. The predicted molar refractivity (Wildman–Crippen MR) is 110 cm³/mol. The summed E-state index contributed by atoms with van der Waals surface area (Å²) >= 11 is 0. The monoisotopic (exact) mass is 401 g/mol. The maximum Gasteiger partial charge on any atom is 0.252 e. The maximum atomic E-state index is 12.6. The first kappa shape index (κ1) is 20.2. The van der Waals surface area contributed by atoms with Crippen LogP contribution in [0.1, 0.15) is 29.6 Å². The molecule has 28 heavy (non-hydrogen) atoms. The molecule has 5 N–H and O–H groups in total. The third-order valence-corrected chi connectivity index (χ3v) is 5.79. The predicted octanol–water partition coefficient (Wildman–Crippen LogP) is 3.31. The summed E-state index contributed by atoms with van der Waals surface area (Å²) in [6.07, 6.45) is 3.32. The molecule has 6 nitrogen and oxygen atoms in total. The fourth-order valence-electron chi connectivity index (χ4n) is 4.44. The van der Waals surface area contributed by atoms with E-state index in [1.165, 1.54) is 0 Å². The van der Waals surface area contributed by atoms with Crippen molar-refractivity contribution in [3.05, 3.63) is 54.1 Å². The van der Waals surface area contributed by atoms with Gasteiger partial charge in [0.05, 0.1) is 11.5 Å². The van der Waals surface area contributed by atoms with E-state index in [1.807, 2.05) is 0 Å². The Hall–Kier alpha value is -2.57. The molecule has 2 amide bonds. The second-order valence-corrected chi connectivity index (χ2v) is 7.41. The lowest BCUT2D eigenvalue weighted by molar-refractivity contribution is -0.121. The summed E-state index contributed by atoms with van der Waals surface area (Å²) in [5.41, 5.74) is 12.6. The Morgan fingerprint density at radius 3 is 2.32 bits per heavy atom. The van der Waals surface area contributed by atoms with Gasteiger partial charge in [-0.25, -0.2) is 0 Å². The molecule has 0 saturated heterocycles. The molecule has 4 unspecified atom stereocenters. The summed E-state index contributed by atoms with van der Waals surface area (Å²) in [7, 11) is 0. The number of carbonyl (C=O) groups is 2. The molecule has 2 fully saturated rings. The molecule has 4 rings (SSSR count). The van der Waals surface area contributed by atoms with Crippen molar-refractivity contribution in [2.24, 2.45) is 29.2 Å². The zero-order valence-corrected chi connectivity index (χ0v) is 16.2. The Balaban J connectivity index is 0.00000225. The third-order valence-electron chi connectivity index (χ3n) is 5.79. The molecule has 4 atom stereocenters. The van der Waals surface area contributed by atoms with Crippen LogP contribution in [-0.2, 0) is 4.79 Å².